The van der Waals surface area contributed by atoms with E-state index >= 15 is 0 Å². The molecule has 6 nitrogen and oxygen atoms in total. The molecule has 2 N–H and O–H groups in total. The maximum Gasteiger partial charge on any atom is 0.240 e. The topological polar surface area (TPSA) is 74.3 Å². The van der Waals surface area contributed by atoms with E-state index in [2.05, 4.69) is 31.5 Å². The van der Waals surface area contributed by atoms with Crippen molar-refractivity contribution in [3.8, 4) is 0 Å². The van der Waals surface area contributed by atoms with Gasteiger partial charge in [-0.1, -0.05) is 34.1 Å². The summed E-state index contributed by atoms with van der Waals surface area (Å²) in [7, 11) is 0. The number of carbonyl (C=O) groups is 2. The van der Waals surface area contributed by atoms with E-state index in [1.807, 2.05) is 47.4 Å². The SMILES string of the molecule is Cl.O=C(CC1NCCN(Cc2cccc(Br)c2)C1=O)NCCc1ccccn1. The Morgan fingerprint density at radius 1 is 1.29 bits per heavy atom. The monoisotopic (exact) mass is 466 g/mol. The van der Waals surface area contributed by atoms with Crippen LogP contribution in [0.3, 0.4) is 0 Å². The van der Waals surface area contributed by atoms with Crippen molar-refractivity contribution in [2.45, 2.75) is 25.4 Å². The molecule has 0 spiro atoms. The predicted molar refractivity (Wildman–Crippen MR) is 114 cm³/mol. The van der Waals surface area contributed by atoms with E-state index in [1.165, 1.54) is 0 Å². The molecule has 3 rings (SSSR count). The molecule has 28 heavy (non-hydrogen) atoms. The van der Waals surface area contributed by atoms with E-state index in [9.17, 15) is 9.59 Å². The predicted octanol–water partition coefficient (Wildman–Crippen LogP) is 2.32. The van der Waals surface area contributed by atoms with Gasteiger partial charge < -0.3 is 15.5 Å². The molecule has 1 saturated heterocycles. The number of piperazine rings is 1. The van der Waals surface area contributed by atoms with Crippen LogP contribution in [-0.2, 0) is 22.6 Å². The Labute approximate surface area is 179 Å². The molecule has 1 atom stereocenters. The number of hydrogen-bond donors (Lipinski definition) is 2. The zero-order chi connectivity index (χ0) is 19.1. The lowest BCUT2D eigenvalue weighted by Crippen LogP contribution is -2.55. The number of amides is 2. The second-order valence-electron chi connectivity index (χ2n) is 6.52. The normalized spacial score (nSPS) is 16.4. The number of halogens is 2. The number of pyridine rings is 1. The van der Waals surface area contributed by atoms with Gasteiger partial charge in [0.25, 0.3) is 0 Å². The number of carbonyl (C=O) groups excluding carboxylic acids is 2. The first-order valence-corrected chi connectivity index (χ1v) is 9.84. The van der Waals surface area contributed by atoms with Gasteiger partial charge in [-0.15, -0.1) is 12.4 Å². The minimum Gasteiger partial charge on any atom is -0.356 e. The van der Waals surface area contributed by atoms with Crippen molar-refractivity contribution in [1.82, 2.24) is 20.5 Å². The maximum absolute atomic E-state index is 12.7. The molecule has 0 bridgehead atoms. The summed E-state index contributed by atoms with van der Waals surface area (Å²) < 4.78 is 0.992. The minimum atomic E-state index is -0.472. The lowest BCUT2D eigenvalue weighted by molar-refractivity contribution is -0.138. The van der Waals surface area contributed by atoms with E-state index in [-0.39, 0.29) is 30.6 Å². The van der Waals surface area contributed by atoms with Crippen LogP contribution in [0, 0.1) is 0 Å². The highest BCUT2D eigenvalue weighted by Crippen LogP contribution is 2.15. The number of nitrogens with one attached hydrogen (secondary N) is 2. The van der Waals surface area contributed by atoms with E-state index in [0.29, 0.717) is 32.6 Å². The van der Waals surface area contributed by atoms with Gasteiger partial charge in [0.1, 0.15) is 0 Å². The van der Waals surface area contributed by atoms with Gasteiger partial charge >= 0.3 is 0 Å². The van der Waals surface area contributed by atoms with Gasteiger partial charge in [-0.25, -0.2) is 0 Å². The van der Waals surface area contributed by atoms with Gasteiger partial charge in [0.05, 0.1) is 12.5 Å². The van der Waals surface area contributed by atoms with Gasteiger partial charge in [-0.2, -0.15) is 0 Å². The average Bonchev–Trinajstić information content (AvgIpc) is 2.66. The summed E-state index contributed by atoms with van der Waals surface area (Å²) in [6.07, 6.45) is 2.56. The standard InChI is InChI=1S/C20H23BrN4O2.ClH/c21-16-5-3-4-15(12-16)14-25-11-10-23-18(20(25)27)13-19(26)24-9-7-17-6-1-2-8-22-17;/h1-6,8,12,18,23H,7,9-11,13-14H2,(H,24,26);1H. The summed E-state index contributed by atoms with van der Waals surface area (Å²) in [5, 5.41) is 6.04. The third-order valence-corrected chi connectivity index (χ3v) is 4.96. The van der Waals surface area contributed by atoms with Crippen LogP contribution < -0.4 is 10.6 Å². The van der Waals surface area contributed by atoms with Crippen molar-refractivity contribution in [3.05, 3.63) is 64.4 Å². The quantitative estimate of drug-likeness (QED) is 0.655. The largest absolute Gasteiger partial charge is 0.356 e. The summed E-state index contributed by atoms with van der Waals surface area (Å²) in [5.41, 5.74) is 2.00. The molecule has 8 heteroatoms. The highest BCUT2D eigenvalue weighted by atomic mass is 79.9. The Balaban J connectivity index is 0.00000280. The first kappa shape index (κ1) is 22.3. The van der Waals surface area contributed by atoms with E-state index < -0.39 is 6.04 Å². The minimum absolute atomic E-state index is 0. The van der Waals surface area contributed by atoms with Crippen LogP contribution in [0.15, 0.2) is 53.1 Å². The van der Waals surface area contributed by atoms with Crippen molar-refractivity contribution in [2.24, 2.45) is 0 Å². The van der Waals surface area contributed by atoms with Crippen molar-refractivity contribution in [1.29, 1.82) is 0 Å². The molecule has 1 fully saturated rings. The Bertz CT molecular complexity index is 791. The van der Waals surface area contributed by atoms with Crippen molar-refractivity contribution < 1.29 is 9.59 Å². The lowest BCUT2D eigenvalue weighted by Gasteiger charge is -2.33. The summed E-state index contributed by atoms with van der Waals surface area (Å²) in [4.78, 5) is 31.0. The van der Waals surface area contributed by atoms with Crippen molar-refractivity contribution in [3.63, 3.8) is 0 Å². The number of hydrogen-bond acceptors (Lipinski definition) is 4. The number of aromatic nitrogens is 1. The number of rotatable bonds is 7. The highest BCUT2D eigenvalue weighted by Gasteiger charge is 2.29. The Kier molecular flexibility index (Phi) is 8.89. The fourth-order valence-electron chi connectivity index (χ4n) is 3.10. The molecule has 1 aliphatic heterocycles. The zero-order valence-corrected chi connectivity index (χ0v) is 17.8. The summed E-state index contributed by atoms with van der Waals surface area (Å²) in [6.45, 7) is 2.39. The van der Waals surface area contributed by atoms with Crippen LogP contribution in [0.2, 0.25) is 0 Å². The van der Waals surface area contributed by atoms with E-state index in [4.69, 9.17) is 0 Å². The molecule has 1 unspecified atom stereocenters. The Morgan fingerprint density at radius 3 is 2.89 bits per heavy atom. The van der Waals surface area contributed by atoms with Crippen LogP contribution in [0.25, 0.3) is 0 Å². The molecule has 1 aromatic heterocycles. The molecule has 0 saturated carbocycles. The number of nitrogens with zero attached hydrogens (tertiary/aromatic N) is 2. The van der Waals surface area contributed by atoms with Gasteiger partial charge in [-0.05, 0) is 29.8 Å². The van der Waals surface area contributed by atoms with Gasteiger partial charge in [0, 0.05) is 49.0 Å². The summed E-state index contributed by atoms with van der Waals surface area (Å²) in [5.74, 6) is -0.151. The van der Waals surface area contributed by atoms with Crippen LogP contribution in [0.1, 0.15) is 17.7 Å². The lowest BCUT2D eigenvalue weighted by atomic mass is 10.1. The molecular formula is C20H24BrClN4O2. The van der Waals surface area contributed by atoms with Crippen LogP contribution in [-0.4, -0.2) is 47.4 Å². The summed E-state index contributed by atoms with van der Waals surface area (Å²) >= 11 is 3.45. The molecule has 2 heterocycles. The van der Waals surface area contributed by atoms with Crippen molar-refractivity contribution in [2.75, 3.05) is 19.6 Å². The van der Waals surface area contributed by atoms with Gasteiger partial charge in [0.15, 0.2) is 0 Å². The maximum atomic E-state index is 12.7. The molecule has 0 radical (unpaired) electrons. The third kappa shape index (κ3) is 6.58. The van der Waals surface area contributed by atoms with Crippen LogP contribution in [0.4, 0.5) is 0 Å². The zero-order valence-electron chi connectivity index (χ0n) is 15.4. The van der Waals surface area contributed by atoms with E-state index in [1.54, 1.807) is 6.20 Å². The van der Waals surface area contributed by atoms with E-state index in [0.717, 1.165) is 15.7 Å². The Morgan fingerprint density at radius 2 is 2.14 bits per heavy atom. The molecule has 1 aliphatic rings. The highest BCUT2D eigenvalue weighted by molar-refractivity contribution is 9.10. The second kappa shape index (κ2) is 11.1. The van der Waals surface area contributed by atoms with Crippen LogP contribution >= 0.6 is 28.3 Å². The fraction of sp³-hybridized carbons (Fsp3) is 0.350. The molecule has 2 amide bonds. The third-order valence-electron chi connectivity index (χ3n) is 4.46. The Hall–Kier alpha value is -1.96. The van der Waals surface area contributed by atoms with Gasteiger partial charge in [-0.3, -0.25) is 14.6 Å². The fourth-order valence-corrected chi connectivity index (χ4v) is 3.54. The first-order valence-electron chi connectivity index (χ1n) is 9.05. The first-order chi connectivity index (χ1) is 13.1. The summed E-state index contributed by atoms with van der Waals surface area (Å²) in [6, 6.07) is 13.2. The van der Waals surface area contributed by atoms with Gasteiger partial charge in [0.2, 0.25) is 11.8 Å². The number of benzene rings is 1. The molecule has 1 aromatic carbocycles. The second-order valence-corrected chi connectivity index (χ2v) is 7.44. The molecular weight excluding hydrogens is 444 g/mol. The average molecular weight is 468 g/mol. The smallest absolute Gasteiger partial charge is 0.240 e. The van der Waals surface area contributed by atoms with Crippen LogP contribution in [0.5, 0.6) is 0 Å². The molecule has 150 valence electrons. The van der Waals surface area contributed by atoms with Crippen molar-refractivity contribution >= 4 is 40.2 Å². The molecule has 0 aliphatic carbocycles. The molecule has 2 aromatic rings.